The number of carbonyl (C=O) groups excluding carboxylic acids is 1. The number of hydrogen-bond acceptors (Lipinski definition) is 6. The number of nitrogens with zero attached hydrogens (tertiary/aromatic N) is 4. The molecule has 0 bridgehead atoms. The molecule has 8 heteroatoms. The summed E-state index contributed by atoms with van der Waals surface area (Å²) in [6.07, 6.45) is 8.05. The van der Waals surface area contributed by atoms with Gasteiger partial charge in [-0.05, 0) is 68.8 Å². The molecule has 4 rings (SSSR count). The highest BCUT2D eigenvalue weighted by Crippen LogP contribution is 2.27. The molecule has 3 heterocycles. The van der Waals surface area contributed by atoms with Gasteiger partial charge in [-0.2, -0.15) is 0 Å². The largest absolute Gasteiger partial charge is 0.368 e. The number of halogens is 1. The minimum absolute atomic E-state index is 0.123. The Morgan fingerprint density at radius 3 is 2.28 bits per heavy atom. The molecule has 2 aromatic rings. The molecule has 1 amide bonds. The maximum atomic E-state index is 13.1. The first-order valence-corrected chi connectivity index (χ1v) is 11.8. The fourth-order valence-corrected chi connectivity index (χ4v) is 4.84. The number of carbonyl (C=O) groups is 1. The molecule has 32 heavy (non-hydrogen) atoms. The highest BCUT2D eigenvalue weighted by atomic mass is 35.5. The van der Waals surface area contributed by atoms with Crippen molar-refractivity contribution in [2.75, 3.05) is 31.9 Å². The number of likely N-dealkylation sites (tertiary alicyclic amines) is 2. The van der Waals surface area contributed by atoms with Gasteiger partial charge in [-0.3, -0.25) is 9.69 Å². The summed E-state index contributed by atoms with van der Waals surface area (Å²) in [6, 6.07) is 7.50. The van der Waals surface area contributed by atoms with Crippen LogP contribution in [-0.2, 0) is 11.3 Å². The van der Waals surface area contributed by atoms with E-state index in [1.165, 1.54) is 0 Å². The molecule has 3 N–H and O–H groups in total. The van der Waals surface area contributed by atoms with Crippen molar-refractivity contribution in [3.63, 3.8) is 0 Å². The van der Waals surface area contributed by atoms with Crippen LogP contribution in [0, 0.1) is 17.2 Å². The minimum atomic E-state index is 0.123. The number of anilines is 1. The van der Waals surface area contributed by atoms with Gasteiger partial charge < -0.3 is 16.0 Å². The third kappa shape index (κ3) is 5.84. The lowest BCUT2D eigenvalue weighted by atomic mass is 9.88. The summed E-state index contributed by atoms with van der Waals surface area (Å²) in [5, 5.41) is 9.09. The molecule has 0 radical (unpaired) electrons. The van der Waals surface area contributed by atoms with E-state index in [4.69, 9.17) is 22.7 Å². The van der Waals surface area contributed by atoms with E-state index in [0.29, 0.717) is 28.5 Å². The third-order valence-electron chi connectivity index (χ3n) is 6.68. The SMILES string of the molecule is N=C(CC1CCN(C(=O)C2CCN(Cc3cnc(N)nc3)CC2)CC1)c1ccc(Cl)cc1. The van der Waals surface area contributed by atoms with Crippen LogP contribution in [0.15, 0.2) is 36.7 Å². The fourth-order valence-electron chi connectivity index (χ4n) is 4.72. The van der Waals surface area contributed by atoms with Crippen molar-refractivity contribution in [1.29, 1.82) is 5.41 Å². The monoisotopic (exact) mass is 454 g/mol. The number of nitrogens with one attached hydrogen (secondary N) is 1. The molecular weight excluding hydrogens is 424 g/mol. The summed E-state index contributed by atoms with van der Waals surface area (Å²) < 4.78 is 0. The zero-order valence-electron chi connectivity index (χ0n) is 18.3. The van der Waals surface area contributed by atoms with Gasteiger partial charge in [0.15, 0.2) is 0 Å². The van der Waals surface area contributed by atoms with E-state index in [1.54, 1.807) is 12.4 Å². The van der Waals surface area contributed by atoms with E-state index in [2.05, 4.69) is 19.8 Å². The fraction of sp³-hybridized carbons (Fsp3) is 0.500. The van der Waals surface area contributed by atoms with Crippen LogP contribution in [0.4, 0.5) is 5.95 Å². The first kappa shape index (κ1) is 22.7. The summed E-state index contributed by atoms with van der Waals surface area (Å²) in [6.45, 7) is 4.23. The predicted molar refractivity (Wildman–Crippen MR) is 127 cm³/mol. The van der Waals surface area contributed by atoms with E-state index >= 15 is 0 Å². The van der Waals surface area contributed by atoms with Crippen LogP contribution in [0.3, 0.4) is 0 Å². The van der Waals surface area contributed by atoms with Gasteiger partial charge in [0.1, 0.15) is 0 Å². The third-order valence-corrected chi connectivity index (χ3v) is 6.93. The molecule has 2 saturated heterocycles. The first-order chi connectivity index (χ1) is 15.5. The number of benzene rings is 1. The van der Waals surface area contributed by atoms with Crippen LogP contribution in [0.5, 0.6) is 0 Å². The molecule has 170 valence electrons. The van der Waals surface area contributed by atoms with E-state index < -0.39 is 0 Å². The Bertz CT molecular complexity index is 917. The Hall–Kier alpha value is -2.51. The van der Waals surface area contributed by atoms with Crippen molar-refractivity contribution < 1.29 is 4.79 Å². The Labute approximate surface area is 194 Å². The van der Waals surface area contributed by atoms with Gasteiger partial charge in [-0.1, -0.05) is 23.7 Å². The number of amides is 1. The molecular formula is C24H31ClN6O. The maximum Gasteiger partial charge on any atom is 0.225 e. The zero-order chi connectivity index (χ0) is 22.5. The average Bonchev–Trinajstić information content (AvgIpc) is 2.81. The van der Waals surface area contributed by atoms with Crippen molar-refractivity contribution in [1.82, 2.24) is 19.8 Å². The van der Waals surface area contributed by atoms with Gasteiger partial charge in [-0.25, -0.2) is 9.97 Å². The molecule has 0 atom stereocenters. The normalized spacial score (nSPS) is 18.6. The Morgan fingerprint density at radius 2 is 1.66 bits per heavy atom. The van der Waals surface area contributed by atoms with Gasteiger partial charge in [-0.15, -0.1) is 0 Å². The van der Waals surface area contributed by atoms with Gasteiger partial charge in [0, 0.05) is 54.2 Å². The lowest BCUT2D eigenvalue weighted by molar-refractivity contribution is -0.138. The van der Waals surface area contributed by atoms with Gasteiger partial charge in [0.2, 0.25) is 11.9 Å². The summed E-state index contributed by atoms with van der Waals surface area (Å²) in [5.41, 5.74) is 8.20. The lowest BCUT2D eigenvalue weighted by Crippen LogP contribution is -2.45. The van der Waals surface area contributed by atoms with Crippen LogP contribution < -0.4 is 5.73 Å². The molecule has 1 aromatic carbocycles. The van der Waals surface area contributed by atoms with Crippen molar-refractivity contribution in [3.8, 4) is 0 Å². The molecule has 7 nitrogen and oxygen atoms in total. The minimum Gasteiger partial charge on any atom is -0.368 e. The highest BCUT2D eigenvalue weighted by molar-refractivity contribution is 6.30. The topological polar surface area (TPSA) is 99.2 Å². The Morgan fingerprint density at radius 1 is 1.03 bits per heavy atom. The Kier molecular flexibility index (Phi) is 7.37. The number of hydrogen-bond donors (Lipinski definition) is 2. The number of nitrogens with two attached hydrogens (primary N) is 1. The van der Waals surface area contributed by atoms with Crippen molar-refractivity contribution >= 4 is 29.2 Å². The van der Waals surface area contributed by atoms with Crippen LogP contribution in [-0.4, -0.2) is 57.6 Å². The molecule has 1 aromatic heterocycles. The molecule has 0 unspecified atom stereocenters. The number of rotatable bonds is 6. The Balaban J connectivity index is 1.19. The van der Waals surface area contributed by atoms with Crippen LogP contribution in [0.1, 0.15) is 43.2 Å². The van der Waals surface area contributed by atoms with Crippen molar-refractivity contribution in [2.24, 2.45) is 11.8 Å². The highest BCUT2D eigenvalue weighted by Gasteiger charge is 2.31. The molecule has 0 spiro atoms. The number of nitrogen functional groups attached to an aromatic ring is 1. The van der Waals surface area contributed by atoms with Crippen LogP contribution >= 0.6 is 11.6 Å². The standard InChI is InChI=1S/C24H31ClN6O/c25-21-3-1-19(2-4-21)22(26)13-17-5-11-31(12-6-17)23(32)20-7-9-30(10-8-20)16-18-14-28-24(27)29-15-18/h1-4,14-15,17,20,26H,5-13,16H2,(H2,27,28,29). The summed E-state index contributed by atoms with van der Waals surface area (Å²) >= 11 is 5.95. The molecule has 0 aliphatic carbocycles. The second-order valence-corrected chi connectivity index (χ2v) is 9.39. The van der Waals surface area contributed by atoms with Crippen molar-refractivity contribution in [2.45, 2.75) is 38.6 Å². The molecule has 2 aliphatic rings. The lowest BCUT2D eigenvalue weighted by Gasteiger charge is -2.37. The van der Waals surface area contributed by atoms with E-state index in [1.807, 2.05) is 24.3 Å². The summed E-state index contributed by atoms with van der Waals surface area (Å²) in [7, 11) is 0. The second-order valence-electron chi connectivity index (χ2n) is 8.96. The summed E-state index contributed by atoms with van der Waals surface area (Å²) in [5.74, 6) is 1.19. The van der Waals surface area contributed by atoms with Crippen molar-refractivity contribution in [3.05, 3.63) is 52.8 Å². The van der Waals surface area contributed by atoms with Gasteiger partial charge in [0.25, 0.3) is 0 Å². The number of aromatic nitrogens is 2. The van der Waals surface area contributed by atoms with E-state index in [9.17, 15) is 4.79 Å². The van der Waals surface area contributed by atoms with Gasteiger partial charge in [0.05, 0.1) is 0 Å². The molecule has 2 aliphatic heterocycles. The quantitative estimate of drug-likeness (QED) is 0.649. The van der Waals surface area contributed by atoms with Gasteiger partial charge >= 0.3 is 0 Å². The first-order valence-electron chi connectivity index (χ1n) is 11.4. The van der Waals surface area contributed by atoms with Crippen LogP contribution in [0.2, 0.25) is 5.02 Å². The molecule has 2 fully saturated rings. The zero-order valence-corrected chi connectivity index (χ0v) is 19.1. The number of piperidine rings is 2. The van der Waals surface area contributed by atoms with Crippen LogP contribution in [0.25, 0.3) is 0 Å². The average molecular weight is 455 g/mol. The van der Waals surface area contributed by atoms with E-state index in [0.717, 1.165) is 76.0 Å². The summed E-state index contributed by atoms with van der Waals surface area (Å²) in [4.78, 5) is 25.6. The molecule has 0 saturated carbocycles. The second kappa shape index (κ2) is 10.4. The predicted octanol–water partition coefficient (Wildman–Crippen LogP) is 3.62. The van der Waals surface area contributed by atoms with E-state index in [-0.39, 0.29) is 5.92 Å². The smallest absolute Gasteiger partial charge is 0.225 e. The maximum absolute atomic E-state index is 13.1.